The highest BCUT2D eigenvalue weighted by Gasteiger charge is 2.17. The van der Waals surface area contributed by atoms with Crippen LogP contribution < -0.4 is 5.32 Å². The largest absolute Gasteiger partial charge is 0.311 e. The summed E-state index contributed by atoms with van der Waals surface area (Å²) in [4.78, 5) is 0. The van der Waals surface area contributed by atoms with E-state index in [-0.39, 0.29) is 0 Å². The van der Waals surface area contributed by atoms with E-state index in [2.05, 4.69) is 38.0 Å². The molecule has 0 radical (unpaired) electrons. The molecule has 1 aliphatic heterocycles. The third-order valence-corrected chi connectivity index (χ3v) is 2.90. The van der Waals surface area contributed by atoms with Crippen molar-refractivity contribution in [2.24, 2.45) is 0 Å². The van der Waals surface area contributed by atoms with Gasteiger partial charge in [-0.2, -0.15) is 5.10 Å². The SMILES string of the molecule is CCn1nc(Br)c2c1CNCC2. The van der Waals surface area contributed by atoms with Crippen molar-refractivity contribution in [3.8, 4) is 0 Å². The first-order valence-corrected chi connectivity index (χ1v) is 5.07. The summed E-state index contributed by atoms with van der Waals surface area (Å²) in [6, 6.07) is 0. The van der Waals surface area contributed by atoms with Crippen molar-refractivity contribution in [3.05, 3.63) is 15.9 Å². The molecule has 4 heteroatoms. The zero-order chi connectivity index (χ0) is 8.55. The molecule has 0 atom stereocenters. The lowest BCUT2D eigenvalue weighted by molar-refractivity contribution is 0.559. The van der Waals surface area contributed by atoms with Crippen LogP contribution in [0, 0.1) is 0 Å². The molecule has 3 nitrogen and oxygen atoms in total. The minimum absolute atomic E-state index is 0.954. The number of hydrogen-bond acceptors (Lipinski definition) is 2. The number of nitrogens with zero attached hydrogens (tertiary/aromatic N) is 2. The van der Waals surface area contributed by atoms with Gasteiger partial charge >= 0.3 is 0 Å². The molecule has 0 spiro atoms. The van der Waals surface area contributed by atoms with Crippen LogP contribution in [0.5, 0.6) is 0 Å². The molecule has 0 fully saturated rings. The Morgan fingerprint density at radius 2 is 2.50 bits per heavy atom. The van der Waals surface area contributed by atoms with E-state index in [1.807, 2.05) is 0 Å². The fraction of sp³-hybridized carbons (Fsp3) is 0.625. The number of fused-ring (bicyclic) bond motifs is 1. The molecule has 0 aromatic carbocycles. The highest BCUT2D eigenvalue weighted by Crippen LogP contribution is 2.22. The van der Waals surface area contributed by atoms with Gasteiger partial charge in [0.1, 0.15) is 4.60 Å². The van der Waals surface area contributed by atoms with Crippen molar-refractivity contribution >= 4 is 15.9 Å². The lowest BCUT2D eigenvalue weighted by atomic mass is 10.1. The minimum Gasteiger partial charge on any atom is -0.311 e. The van der Waals surface area contributed by atoms with Gasteiger partial charge in [0.2, 0.25) is 0 Å². The molecular formula is C8H12BrN3. The van der Waals surface area contributed by atoms with Gasteiger partial charge in [-0.25, -0.2) is 0 Å². The van der Waals surface area contributed by atoms with Crippen LogP contribution in [0.15, 0.2) is 4.60 Å². The third-order valence-electron chi connectivity index (χ3n) is 2.26. The van der Waals surface area contributed by atoms with Crippen LogP contribution >= 0.6 is 15.9 Å². The molecule has 1 aliphatic rings. The van der Waals surface area contributed by atoms with Gasteiger partial charge in [0, 0.05) is 18.7 Å². The van der Waals surface area contributed by atoms with E-state index in [1.54, 1.807) is 0 Å². The molecule has 0 aliphatic carbocycles. The first-order valence-electron chi connectivity index (χ1n) is 4.27. The van der Waals surface area contributed by atoms with Crippen LogP contribution in [0.2, 0.25) is 0 Å². The predicted molar refractivity (Wildman–Crippen MR) is 51.0 cm³/mol. The van der Waals surface area contributed by atoms with E-state index in [9.17, 15) is 0 Å². The molecule has 1 aromatic heterocycles. The van der Waals surface area contributed by atoms with Crippen LogP contribution in [0.1, 0.15) is 18.2 Å². The summed E-state index contributed by atoms with van der Waals surface area (Å²) in [7, 11) is 0. The number of hydrogen-bond donors (Lipinski definition) is 1. The monoisotopic (exact) mass is 229 g/mol. The Labute approximate surface area is 80.3 Å². The summed E-state index contributed by atoms with van der Waals surface area (Å²) in [5, 5.41) is 7.75. The number of halogens is 1. The summed E-state index contributed by atoms with van der Waals surface area (Å²) in [5.74, 6) is 0. The molecule has 66 valence electrons. The van der Waals surface area contributed by atoms with E-state index in [0.29, 0.717) is 0 Å². The first kappa shape index (κ1) is 8.26. The fourth-order valence-corrected chi connectivity index (χ4v) is 2.25. The smallest absolute Gasteiger partial charge is 0.131 e. The Hall–Kier alpha value is -0.350. The van der Waals surface area contributed by atoms with Crippen molar-refractivity contribution in [2.45, 2.75) is 26.4 Å². The van der Waals surface area contributed by atoms with Crippen LogP contribution in [0.3, 0.4) is 0 Å². The maximum absolute atomic E-state index is 4.40. The Balaban J connectivity index is 2.47. The van der Waals surface area contributed by atoms with Gasteiger partial charge < -0.3 is 5.32 Å². The molecule has 2 rings (SSSR count). The van der Waals surface area contributed by atoms with Gasteiger partial charge in [0.15, 0.2) is 0 Å². The molecule has 0 unspecified atom stereocenters. The van der Waals surface area contributed by atoms with Gasteiger partial charge in [-0.1, -0.05) is 0 Å². The van der Waals surface area contributed by atoms with Crippen molar-refractivity contribution < 1.29 is 0 Å². The molecule has 12 heavy (non-hydrogen) atoms. The number of nitrogens with one attached hydrogen (secondary N) is 1. The predicted octanol–water partition coefficient (Wildman–Crippen LogP) is 1.31. The molecular weight excluding hydrogens is 218 g/mol. The third kappa shape index (κ3) is 1.19. The van der Waals surface area contributed by atoms with Gasteiger partial charge in [-0.3, -0.25) is 4.68 Å². The van der Waals surface area contributed by atoms with Crippen molar-refractivity contribution in [2.75, 3.05) is 6.54 Å². The molecule has 0 bridgehead atoms. The van der Waals surface area contributed by atoms with Crippen LogP contribution in [0.25, 0.3) is 0 Å². The van der Waals surface area contributed by atoms with E-state index < -0.39 is 0 Å². The van der Waals surface area contributed by atoms with Crippen molar-refractivity contribution in [3.63, 3.8) is 0 Å². The minimum atomic E-state index is 0.954. The fourth-order valence-electron chi connectivity index (χ4n) is 1.63. The van der Waals surface area contributed by atoms with Crippen molar-refractivity contribution in [1.82, 2.24) is 15.1 Å². The Morgan fingerprint density at radius 1 is 1.67 bits per heavy atom. The number of aromatic nitrogens is 2. The van der Waals surface area contributed by atoms with E-state index >= 15 is 0 Å². The van der Waals surface area contributed by atoms with Crippen LogP contribution in [-0.4, -0.2) is 16.3 Å². The molecule has 0 amide bonds. The van der Waals surface area contributed by atoms with Gasteiger partial charge in [0.25, 0.3) is 0 Å². The zero-order valence-electron chi connectivity index (χ0n) is 7.10. The molecule has 1 aromatic rings. The molecule has 1 N–H and O–H groups in total. The highest BCUT2D eigenvalue weighted by molar-refractivity contribution is 9.10. The summed E-state index contributed by atoms with van der Waals surface area (Å²) >= 11 is 3.48. The van der Waals surface area contributed by atoms with Gasteiger partial charge in [-0.15, -0.1) is 0 Å². The second-order valence-corrected chi connectivity index (χ2v) is 3.71. The Morgan fingerprint density at radius 3 is 3.25 bits per heavy atom. The average Bonchev–Trinajstić information content (AvgIpc) is 2.44. The maximum atomic E-state index is 4.40. The first-order chi connectivity index (χ1) is 5.83. The van der Waals surface area contributed by atoms with Gasteiger partial charge in [-0.05, 0) is 35.8 Å². The van der Waals surface area contributed by atoms with Crippen molar-refractivity contribution in [1.29, 1.82) is 0 Å². The topological polar surface area (TPSA) is 29.9 Å². The lowest BCUT2D eigenvalue weighted by Crippen LogP contribution is -2.25. The van der Waals surface area contributed by atoms with E-state index in [1.165, 1.54) is 11.3 Å². The second kappa shape index (κ2) is 3.18. The number of aryl methyl sites for hydroxylation is 1. The Kier molecular flexibility index (Phi) is 2.19. The summed E-state index contributed by atoms with van der Waals surface area (Å²) in [6.45, 7) is 5.10. The second-order valence-electron chi connectivity index (χ2n) is 2.96. The highest BCUT2D eigenvalue weighted by atomic mass is 79.9. The molecule has 0 saturated heterocycles. The lowest BCUT2D eigenvalue weighted by Gasteiger charge is -2.14. The standard InChI is InChI=1S/C8H12BrN3/c1-2-12-7-5-10-4-3-6(7)8(9)11-12/h10H,2-5H2,1H3. The van der Waals surface area contributed by atoms with Crippen LogP contribution in [0.4, 0.5) is 0 Å². The zero-order valence-corrected chi connectivity index (χ0v) is 8.69. The molecule has 0 saturated carbocycles. The maximum Gasteiger partial charge on any atom is 0.131 e. The summed E-state index contributed by atoms with van der Waals surface area (Å²) in [5.41, 5.74) is 2.73. The number of rotatable bonds is 1. The Bertz CT molecular complexity index is 293. The quantitative estimate of drug-likeness (QED) is 0.788. The summed E-state index contributed by atoms with van der Waals surface area (Å²) in [6.07, 6.45) is 1.09. The normalized spacial score (nSPS) is 16.2. The van der Waals surface area contributed by atoms with Gasteiger partial charge in [0.05, 0.1) is 5.69 Å². The molecule has 2 heterocycles. The van der Waals surface area contributed by atoms with E-state index in [4.69, 9.17) is 0 Å². The average molecular weight is 230 g/mol. The summed E-state index contributed by atoms with van der Waals surface area (Å²) < 4.78 is 3.09. The van der Waals surface area contributed by atoms with Crippen LogP contribution in [-0.2, 0) is 19.5 Å². The van der Waals surface area contributed by atoms with E-state index in [0.717, 1.165) is 30.7 Å².